The van der Waals surface area contributed by atoms with Gasteiger partial charge in [-0.15, -0.1) is 0 Å². The lowest BCUT2D eigenvalue weighted by Crippen LogP contribution is -2.33. The lowest BCUT2D eigenvalue weighted by Gasteiger charge is -2.23. The van der Waals surface area contributed by atoms with E-state index < -0.39 is 20.0 Å². The maximum Gasteiger partial charge on any atom is 0.297 e. The van der Waals surface area contributed by atoms with Gasteiger partial charge in [-0.25, -0.2) is 0 Å². The molecule has 7 heteroatoms. The van der Waals surface area contributed by atoms with Gasteiger partial charge in [-0.2, -0.15) is 8.42 Å². The molecule has 1 aliphatic carbocycles. The van der Waals surface area contributed by atoms with Gasteiger partial charge >= 0.3 is 0 Å². The zero-order chi connectivity index (χ0) is 14.3. The van der Waals surface area contributed by atoms with Crippen LogP contribution in [0.4, 0.5) is 0 Å². The molecule has 0 aliphatic heterocycles. The number of hydrogen-bond acceptors (Lipinski definition) is 3. The summed E-state index contributed by atoms with van der Waals surface area (Å²) in [7, 11) is -3.92. The van der Waals surface area contributed by atoms with Crippen LogP contribution in [0.1, 0.15) is 18.4 Å². The zero-order valence-corrected chi connectivity index (χ0v) is 13.2. The van der Waals surface area contributed by atoms with E-state index in [2.05, 4.69) is 0 Å². The second-order valence-corrected chi connectivity index (χ2v) is 8.60. The van der Waals surface area contributed by atoms with Gasteiger partial charge in [0, 0.05) is 0 Å². The number of hydrogen-bond donors (Lipinski definition) is 0. The first-order valence-corrected chi connectivity index (χ1v) is 8.31. The standard InChI is InChI=1S/C12H13Cl3O3S/c1-8-2-6-10(7-3-8)19(16,17)18-11(9-4-5-9)12(13,14)15/h2-3,6-7,9,11H,4-5H2,1H3. The summed E-state index contributed by atoms with van der Waals surface area (Å²) in [6.45, 7) is 1.87. The van der Waals surface area contributed by atoms with Crippen molar-refractivity contribution in [1.29, 1.82) is 0 Å². The average molecular weight is 344 g/mol. The second kappa shape index (κ2) is 5.41. The fraction of sp³-hybridized carbons (Fsp3) is 0.500. The molecule has 1 aromatic carbocycles. The average Bonchev–Trinajstić information content (AvgIpc) is 3.09. The van der Waals surface area contributed by atoms with E-state index in [1.54, 1.807) is 12.1 Å². The Morgan fingerprint density at radius 1 is 1.21 bits per heavy atom. The van der Waals surface area contributed by atoms with Gasteiger partial charge in [0.05, 0.1) is 4.90 Å². The van der Waals surface area contributed by atoms with Gasteiger partial charge in [-0.3, -0.25) is 4.18 Å². The van der Waals surface area contributed by atoms with Gasteiger partial charge in [-0.1, -0.05) is 52.5 Å². The highest BCUT2D eigenvalue weighted by molar-refractivity contribution is 7.86. The third-order valence-electron chi connectivity index (χ3n) is 2.91. The first kappa shape index (κ1) is 15.4. The number of aryl methyl sites for hydroxylation is 1. The largest absolute Gasteiger partial charge is 0.297 e. The van der Waals surface area contributed by atoms with Crippen molar-refractivity contribution in [1.82, 2.24) is 0 Å². The molecule has 0 amide bonds. The van der Waals surface area contributed by atoms with Crippen molar-refractivity contribution in [2.45, 2.75) is 34.6 Å². The van der Waals surface area contributed by atoms with E-state index in [1.807, 2.05) is 6.92 Å². The minimum absolute atomic E-state index is 0.0206. The van der Waals surface area contributed by atoms with Crippen LogP contribution in [0.3, 0.4) is 0 Å². The second-order valence-electron chi connectivity index (χ2n) is 4.66. The molecule has 19 heavy (non-hydrogen) atoms. The van der Waals surface area contributed by atoms with Crippen LogP contribution in [0.15, 0.2) is 29.2 Å². The minimum atomic E-state index is -3.92. The van der Waals surface area contributed by atoms with E-state index >= 15 is 0 Å². The van der Waals surface area contributed by atoms with E-state index in [0.717, 1.165) is 18.4 Å². The smallest absolute Gasteiger partial charge is 0.258 e. The summed E-state index contributed by atoms with van der Waals surface area (Å²) >= 11 is 17.4. The fourth-order valence-corrected chi connectivity index (χ4v) is 3.68. The Morgan fingerprint density at radius 2 is 1.74 bits per heavy atom. The van der Waals surface area contributed by atoms with Crippen molar-refractivity contribution in [2.24, 2.45) is 5.92 Å². The highest BCUT2D eigenvalue weighted by Gasteiger charge is 2.47. The predicted octanol–water partition coefficient (Wildman–Crippen LogP) is 3.85. The van der Waals surface area contributed by atoms with Crippen molar-refractivity contribution in [3.8, 4) is 0 Å². The van der Waals surface area contributed by atoms with Crippen LogP contribution >= 0.6 is 34.8 Å². The molecule has 2 rings (SSSR count). The van der Waals surface area contributed by atoms with E-state index in [4.69, 9.17) is 39.0 Å². The van der Waals surface area contributed by atoms with Gasteiger partial charge < -0.3 is 0 Å². The number of alkyl halides is 3. The summed E-state index contributed by atoms with van der Waals surface area (Å²) < 4.78 is 27.6. The van der Waals surface area contributed by atoms with Crippen molar-refractivity contribution in [2.75, 3.05) is 0 Å². The summed E-state index contributed by atoms with van der Waals surface area (Å²) in [5.41, 5.74) is 0.957. The highest BCUT2D eigenvalue weighted by atomic mass is 35.6. The van der Waals surface area contributed by atoms with Crippen molar-refractivity contribution < 1.29 is 12.6 Å². The molecule has 1 fully saturated rings. The molecule has 0 spiro atoms. The number of benzene rings is 1. The predicted molar refractivity (Wildman–Crippen MR) is 76.3 cm³/mol. The van der Waals surface area contributed by atoms with Gasteiger partial charge in [0.25, 0.3) is 10.1 Å². The molecule has 106 valence electrons. The third-order valence-corrected chi connectivity index (χ3v) is 4.87. The lowest BCUT2D eigenvalue weighted by atomic mass is 10.2. The first-order valence-electron chi connectivity index (χ1n) is 5.77. The Hall–Kier alpha value is -0.000000000000000167. The molecular weight excluding hydrogens is 331 g/mol. The summed E-state index contributed by atoms with van der Waals surface area (Å²) in [5.74, 6) is -0.0206. The molecule has 1 aromatic rings. The summed E-state index contributed by atoms with van der Waals surface area (Å²) in [6, 6.07) is 6.34. The van der Waals surface area contributed by atoms with E-state index in [1.165, 1.54) is 12.1 Å². The SMILES string of the molecule is Cc1ccc(S(=O)(=O)OC(C2CC2)C(Cl)(Cl)Cl)cc1. The van der Waals surface area contributed by atoms with Crippen LogP contribution in [0.5, 0.6) is 0 Å². The monoisotopic (exact) mass is 342 g/mol. The Morgan fingerprint density at radius 3 is 2.16 bits per heavy atom. The summed E-state index contributed by atoms with van der Waals surface area (Å²) in [6.07, 6.45) is 0.674. The van der Waals surface area contributed by atoms with Crippen LogP contribution in [-0.2, 0) is 14.3 Å². The fourth-order valence-electron chi connectivity index (χ4n) is 1.70. The minimum Gasteiger partial charge on any atom is -0.258 e. The van der Waals surface area contributed by atoms with Crippen LogP contribution in [-0.4, -0.2) is 18.3 Å². The Labute approximate surface area is 127 Å². The molecule has 0 radical (unpaired) electrons. The van der Waals surface area contributed by atoms with E-state index in [0.29, 0.717) is 0 Å². The third kappa shape index (κ3) is 3.99. The normalized spacial score (nSPS) is 18.3. The molecule has 1 aliphatic rings. The zero-order valence-electron chi connectivity index (χ0n) is 10.1. The van der Waals surface area contributed by atoms with Crippen molar-refractivity contribution in [3.63, 3.8) is 0 Å². The van der Waals surface area contributed by atoms with Crippen LogP contribution in [0.2, 0.25) is 0 Å². The molecule has 3 nitrogen and oxygen atoms in total. The molecule has 1 unspecified atom stereocenters. The lowest BCUT2D eigenvalue weighted by molar-refractivity contribution is 0.190. The van der Waals surface area contributed by atoms with Crippen molar-refractivity contribution in [3.05, 3.63) is 29.8 Å². The molecule has 1 saturated carbocycles. The molecule has 0 saturated heterocycles. The number of rotatable bonds is 4. The molecule has 0 heterocycles. The Balaban J connectivity index is 2.22. The topological polar surface area (TPSA) is 43.4 Å². The highest BCUT2D eigenvalue weighted by Crippen LogP contribution is 2.46. The molecule has 1 atom stereocenters. The maximum atomic E-state index is 12.1. The molecule has 0 N–H and O–H groups in total. The molecular formula is C12H13Cl3O3S. The van der Waals surface area contributed by atoms with Crippen LogP contribution < -0.4 is 0 Å². The van der Waals surface area contributed by atoms with Crippen molar-refractivity contribution >= 4 is 44.9 Å². The Kier molecular flexibility index (Phi) is 4.38. The van der Waals surface area contributed by atoms with Gasteiger partial charge in [0.15, 0.2) is 0 Å². The summed E-state index contributed by atoms with van der Waals surface area (Å²) in [5, 5.41) is 0. The van der Waals surface area contributed by atoms with E-state index in [9.17, 15) is 8.42 Å². The van der Waals surface area contributed by atoms with Crippen LogP contribution in [0.25, 0.3) is 0 Å². The quantitative estimate of drug-likeness (QED) is 0.616. The molecule has 0 aromatic heterocycles. The first-order chi connectivity index (χ1) is 8.70. The van der Waals surface area contributed by atoms with E-state index in [-0.39, 0.29) is 10.8 Å². The van der Waals surface area contributed by atoms with Gasteiger partial charge in [0.1, 0.15) is 6.10 Å². The Bertz CT molecular complexity index is 545. The van der Waals surface area contributed by atoms with Gasteiger partial charge in [0.2, 0.25) is 3.79 Å². The maximum absolute atomic E-state index is 12.1. The summed E-state index contributed by atoms with van der Waals surface area (Å²) in [4.78, 5) is 0.0676. The molecule has 0 bridgehead atoms. The van der Waals surface area contributed by atoms with Crippen LogP contribution in [0, 0.1) is 12.8 Å². The van der Waals surface area contributed by atoms with Gasteiger partial charge in [-0.05, 0) is 37.8 Å². The number of halogens is 3.